The molecule has 1 fully saturated rings. The average Bonchev–Trinajstić information content (AvgIpc) is 3.65. The minimum atomic E-state index is -1.03. The van der Waals surface area contributed by atoms with Crippen molar-refractivity contribution in [2.24, 2.45) is 0 Å². The van der Waals surface area contributed by atoms with E-state index in [4.69, 9.17) is 19.7 Å². The molecule has 1 aliphatic heterocycles. The predicted octanol–water partition coefficient (Wildman–Crippen LogP) is 6.30. The number of hydrogen-bond donors (Lipinski definition) is 1. The molecule has 1 unspecified atom stereocenters. The molecule has 1 N–H and O–H groups in total. The van der Waals surface area contributed by atoms with Crippen LogP contribution in [0.3, 0.4) is 0 Å². The van der Waals surface area contributed by atoms with Crippen molar-refractivity contribution in [3.8, 4) is 23.2 Å². The molecular weight excluding hydrogens is 554 g/mol. The van der Waals surface area contributed by atoms with Gasteiger partial charge < -0.3 is 19.1 Å². The Morgan fingerprint density at radius 2 is 1.88 bits per heavy atom. The maximum absolute atomic E-state index is 15.5. The molecule has 0 bridgehead atoms. The SMILES string of the molecule is N#Cc1ccc(COc2cccc(-c3ccc(Cc4nc5ccc(C(=O)O)cc5n4CC4CCCO4)c(F)c3)n2)c(F)c1. The molecule has 0 amide bonds. The zero-order valence-electron chi connectivity index (χ0n) is 23.0. The molecule has 216 valence electrons. The van der Waals surface area contributed by atoms with Crippen LogP contribution < -0.4 is 4.74 Å². The molecule has 43 heavy (non-hydrogen) atoms. The first-order valence-electron chi connectivity index (χ1n) is 13.8. The van der Waals surface area contributed by atoms with Gasteiger partial charge in [0.25, 0.3) is 0 Å². The van der Waals surface area contributed by atoms with E-state index in [0.717, 1.165) is 18.9 Å². The Balaban J connectivity index is 1.23. The lowest BCUT2D eigenvalue weighted by Crippen LogP contribution is -2.17. The summed E-state index contributed by atoms with van der Waals surface area (Å²) in [5.41, 5.74) is 3.41. The molecule has 0 radical (unpaired) electrons. The second-order valence-corrected chi connectivity index (χ2v) is 10.3. The van der Waals surface area contributed by atoms with Gasteiger partial charge in [0.15, 0.2) is 0 Å². The fourth-order valence-electron chi connectivity index (χ4n) is 5.20. The topological polar surface area (TPSA) is 110 Å². The first-order valence-corrected chi connectivity index (χ1v) is 13.8. The minimum Gasteiger partial charge on any atom is -0.478 e. The van der Waals surface area contributed by atoms with Gasteiger partial charge in [-0.05, 0) is 60.9 Å². The van der Waals surface area contributed by atoms with Crippen LogP contribution in [0.1, 0.15) is 45.7 Å². The van der Waals surface area contributed by atoms with Gasteiger partial charge in [0.2, 0.25) is 5.88 Å². The fraction of sp³-hybridized carbons (Fsp3) is 0.212. The Hall–Kier alpha value is -5.14. The van der Waals surface area contributed by atoms with E-state index in [1.54, 1.807) is 42.5 Å². The third-order valence-corrected chi connectivity index (χ3v) is 7.46. The lowest BCUT2D eigenvalue weighted by Gasteiger charge is -2.15. The Morgan fingerprint density at radius 3 is 2.63 bits per heavy atom. The molecule has 1 aliphatic rings. The normalized spacial score (nSPS) is 14.6. The molecule has 0 saturated carbocycles. The van der Waals surface area contributed by atoms with E-state index in [1.807, 2.05) is 10.6 Å². The summed E-state index contributed by atoms with van der Waals surface area (Å²) in [7, 11) is 0. The number of carboxylic acid groups (broad SMARTS) is 1. The summed E-state index contributed by atoms with van der Waals surface area (Å²) < 4.78 is 43.2. The quantitative estimate of drug-likeness (QED) is 0.218. The molecule has 5 aromatic rings. The van der Waals surface area contributed by atoms with Crippen molar-refractivity contribution >= 4 is 17.0 Å². The molecule has 0 spiro atoms. The van der Waals surface area contributed by atoms with Gasteiger partial charge in [0.05, 0.1) is 46.6 Å². The van der Waals surface area contributed by atoms with Gasteiger partial charge in [-0.3, -0.25) is 0 Å². The maximum Gasteiger partial charge on any atom is 0.335 e. The van der Waals surface area contributed by atoms with Gasteiger partial charge in [-0.1, -0.05) is 24.3 Å². The lowest BCUT2D eigenvalue weighted by atomic mass is 10.1. The number of carbonyl (C=O) groups is 1. The van der Waals surface area contributed by atoms with Crippen molar-refractivity contribution in [1.82, 2.24) is 14.5 Å². The Morgan fingerprint density at radius 1 is 1.05 bits per heavy atom. The third kappa shape index (κ3) is 6.08. The second kappa shape index (κ2) is 12.0. The number of ether oxygens (including phenoxy) is 2. The number of halogens is 2. The molecule has 8 nitrogen and oxygen atoms in total. The summed E-state index contributed by atoms with van der Waals surface area (Å²) in [6, 6.07) is 20.8. The Bertz CT molecular complexity index is 1880. The van der Waals surface area contributed by atoms with E-state index in [0.29, 0.717) is 46.8 Å². The molecule has 1 saturated heterocycles. The van der Waals surface area contributed by atoms with Crippen LogP contribution in [0, 0.1) is 23.0 Å². The Kier molecular flexibility index (Phi) is 7.81. The van der Waals surface area contributed by atoms with Gasteiger partial charge in [-0.15, -0.1) is 0 Å². The molecule has 2 aromatic heterocycles. The van der Waals surface area contributed by atoms with E-state index in [9.17, 15) is 14.3 Å². The van der Waals surface area contributed by atoms with Gasteiger partial charge in [-0.25, -0.2) is 23.5 Å². The zero-order chi connectivity index (χ0) is 29.9. The number of pyridine rings is 1. The smallest absolute Gasteiger partial charge is 0.335 e. The number of aromatic nitrogens is 3. The predicted molar refractivity (Wildman–Crippen MR) is 154 cm³/mol. The number of nitrogens with zero attached hydrogens (tertiary/aromatic N) is 4. The summed E-state index contributed by atoms with van der Waals surface area (Å²) >= 11 is 0. The van der Waals surface area contributed by atoms with Gasteiger partial charge in [0, 0.05) is 30.2 Å². The number of aromatic carboxylic acids is 1. The molecule has 1 atom stereocenters. The van der Waals surface area contributed by atoms with Crippen molar-refractivity contribution in [3.05, 3.63) is 113 Å². The highest BCUT2D eigenvalue weighted by Gasteiger charge is 2.22. The van der Waals surface area contributed by atoms with Gasteiger partial charge >= 0.3 is 5.97 Å². The molecule has 10 heteroatoms. The molecule has 3 aromatic carbocycles. The first kappa shape index (κ1) is 28.0. The number of hydrogen-bond acceptors (Lipinski definition) is 6. The third-order valence-electron chi connectivity index (χ3n) is 7.46. The van der Waals surface area contributed by atoms with Crippen molar-refractivity contribution in [1.29, 1.82) is 5.26 Å². The van der Waals surface area contributed by atoms with Gasteiger partial charge in [-0.2, -0.15) is 5.26 Å². The highest BCUT2D eigenvalue weighted by atomic mass is 19.1. The minimum absolute atomic E-state index is 0.0224. The molecule has 0 aliphatic carbocycles. The molecular formula is C33H26F2N4O4. The van der Waals surface area contributed by atoms with E-state index in [1.165, 1.54) is 24.3 Å². The van der Waals surface area contributed by atoms with E-state index < -0.39 is 17.6 Å². The van der Waals surface area contributed by atoms with E-state index in [2.05, 4.69) is 4.98 Å². The highest BCUT2D eigenvalue weighted by Crippen LogP contribution is 2.27. The van der Waals surface area contributed by atoms with Crippen LogP contribution in [0.2, 0.25) is 0 Å². The monoisotopic (exact) mass is 580 g/mol. The average molecular weight is 581 g/mol. The number of rotatable bonds is 9. The second-order valence-electron chi connectivity index (χ2n) is 10.3. The zero-order valence-corrected chi connectivity index (χ0v) is 23.0. The van der Waals surface area contributed by atoms with Crippen LogP contribution in [-0.2, 0) is 24.3 Å². The number of imidazole rings is 1. The summed E-state index contributed by atoms with van der Waals surface area (Å²) in [5, 5.41) is 18.4. The summed E-state index contributed by atoms with van der Waals surface area (Å²) in [5.74, 6) is -1.15. The Labute approximate surface area is 245 Å². The number of benzene rings is 3. The summed E-state index contributed by atoms with van der Waals surface area (Å²) in [6.07, 6.45) is 2.02. The van der Waals surface area contributed by atoms with E-state index in [-0.39, 0.29) is 41.7 Å². The van der Waals surface area contributed by atoms with E-state index >= 15 is 4.39 Å². The lowest BCUT2D eigenvalue weighted by molar-refractivity contribution is 0.0697. The molecule has 6 rings (SSSR count). The van der Waals surface area contributed by atoms with Crippen molar-refractivity contribution in [2.45, 2.75) is 38.5 Å². The van der Waals surface area contributed by atoms with Crippen LogP contribution in [0.15, 0.2) is 72.8 Å². The van der Waals surface area contributed by atoms with Crippen molar-refractivity contribution < 1.29 is 28.2 Å². The van der Waals surface area contributed by atoms with Crippen LogP contribution in [-0.4, -0.2) is 38.3 Å². The number of fused-ring (bicyclic) bond motifs is 1. The van der Waals surface area contributed by atoms with Crippen LogP contribution >= 0.6 is 0 Å². The number of carboxylic acids is 1. The highest BCUT2D eigenvalue weighted by molar-refractivity contribution is 5.92. The number of nitriles is 1. The van der Waals surface area contributed by atoms with Crippen LogP contribution in [0.4, 0.5) is 8.78 Å². The van der Waals surface area contributed by atoms with Crippen LogP contribution in [0.25, 0.3) is 22.3 Å². The summed E-state index contributed by atoms with van der Waals surface area (Å²) in [6.45, 7) is 1.09. The van der Waals surface area contributed by atoms with Crippen molar-refractivity contribution in [2.75, 3.05) is 6.61 Å². The molecule has 3 heterocycles. The standard InChI is InChI=1S/C33H26F2N4O4/c34-26-13-20(17-36)6-7-24(26)19-43-32-5-1-4-28(38-32)22-9-8-21(27(35)14-22)16-31-37-29-11-10-23(33(40)41)15-30(29)39(31)18-25-3-2-12-42-25/h1,4-11,13-15,25H,2-3,12,16,18-19H2,(H,40,41). The largest absolute Gasteiger partial charge is 0.478 e. The summed E-state index contributed by atoms with van der Waals surface area (Å²) in [4.78, 5) is 20.8. The van der Waals surface area contributed by atoms with Crippen LogP contribution in [0.5, 0.6) is 5.88 Å². The first-order chi connectivity index (χ1) is 20.9. The van der Waals surface area contributed by atoms with Crippen molar-refractivity contribution in [3.63, 3.8) is 0 Å². The van der Waals surface area contributed by atoms with Gasteiger partial charge in [0.1, 0.15) is 24.1 Å². The maximum atomic E-state index is 15.5. The fourth-order valence-corrected chi connectivity index (χ4v) is 5.20.